The predicted octanol–water partition coefficient (Wildman–Crippen LogP) is 6.48. The quantitative estimate of drug-likeness (QED) is 0.519. The van der Waals surface area contributed by atoms with Crippen molar-refractivity contribution in [1.29, 1.82) is 0 Å². The molecule has 2 nitrogen and oxygen atoms in total. The smallest absolute Gasteiger partial charge is 0.143 e. The van der Waals surface area contributed by atoms with Crippen molar-refractivity contribution in [3.8, 4) is 0 Å². The Labute approximate surface area is 162 Å². The summed E-state index contributed by atoms with van der Waals surface area (Å²) in [4.78, 5) is 4.50. The van der Waals surface area contributed by atoms with Crippen molar-refractivity contribution in [2.24, 2.45) is 0 Å². The number of hydrogen-bond acceptors (Lipinski definition) is 2. The van der Waals surface area contributed by atoms with Crippen LogP contribution >= 0.6 is 10.3 Å². The van der Waals surface area contributed by atoms with Crippen molar-refractivity contribution >= 4 is 21.8 Å². The molecular formula is C24H23NOS. The van der Waals surface area contributed by atoms with Gasteiger partial charge in [0, 0.05) is 35.1 Å². The average molecular weight is 374 g/mol. The van der Waals surface area contributed by atoms with Gasteiger partial charge in [0.2, 0.25) is 0 Å². The standard InChI is InChI=1S/C24H23NOS/c1-25(2)21-15-17-23(18-16-21)27(22-12-7-4-8-13-22)19-9-14-24(26-27)20-10-5-3-6-11-20/h3-19H,1-2H3. The Morgan fingerprint density at radius 3 is 1.93 bits per heavy atom. The van der Waals surface area contributed by atoms with Gasteiger partial charge < -0.3 is 9.08 Å². The molecular weight excluding hydrogens is 350 g/mol. The molecule has 3 aromatic carbocycles. The molecule has 0 spiro atoms. The summed E-state index contributed by atoms with van der Waals surface area (Å²) in [6, 6.07) is 29.5. The molecule has 0 radical (unpaired) electrons. The first-order chi connectivity index (χ1) is 13.2. The molecule has 3 aromatic rings. The minimum Gasteiger partial charge on any atom is -0.436 e. The maximum absolute atomic E-state index is 6.78. The highest BCUT2D eigenvalue weighted by atomic mass is 32.3. The van der Waals surface area contributed by atoms with E-state index in [1.54, 1.807) is 0 Å². The Morgan fingerprint density at radius 1 is 0.704 bits per heavy atom. The van der Waals surface area contributed by atoms with Crippen molar-refractivity contribution in [2.75, 3.05) is 19.0 Å². The summed E-state index contributed by atoms with van der Waals surface area (Å²) in [7, 11) is 2.35. The van der Waals surface area contributed by atoms with Gasteiger partial charge in [0.15, 0.2) is 0 Å². The van der Waals surface area contributed by atoms with Gasteiger partial charge in [0.25, 0.3) is 0 Å². The molecule has 0 saturated heterocycles. The van der Waals surface area contributed by atoms with Crippen LogP contribution in [-0.4, -0.2) is 14.1 Å². The van der Waals surface area contributed by atoms with E-state index >= 15 is 0 Å². The first-order valence-corrected chi connectivity index (χ1v) is 10.6. The lowest BCUT2D eigenvalue weighted by atomic mass is 10.2. The van der Waals surface area contributed by atoms with Gasteiger partial charge in [-0.25, -0.2) is 0 Å². The Bertz CT molecular complexity index is 962. The lowest BCUT2D eigenvalue weighted by molar-refractivity contribution is 0.576. The molecule has 0 fully saturated rings. The fraction of sp³-hybridized carbons (Fsp3) is 0.0833. The second kappa shape index (κ2) is 7.37. The molecule has 27 heavy (non-hydrogen) atoms. The van der Waals surface area contributed by atoms with Crippen LogP contribution in [0.5, 0.6) is 0 Å². The van der Waals surface area contributed by atoms with Gasteiger partial charge in [-0.15, -0.1) is 0 Å². The van der Waals surface area contributed by atoms with Crippen molar-refractivity contribution in [2.45, 2.75) is 9.79 Å². The zero-order valence-corrected chi connectivity index (χ0v) is 16.4. The topological polar surface area (TPSA) is 12.5 Å². The third-order valence-corrected chi connectivity index (χ3v) is 7.52. The number of nitrogens with zero attached hydrogens (tertiary/aromatic N) is 1. The summed E-state index contributed by atoms with van der Waals surface area (Å²) in [5.41, 5.74) is 2.28. The minimum absolute atomic E-state index is 0.911. The van der Waals surface area contributed by atoms with Crippen LogP contribution in [0.2, 0.25) is 0 Å². The van der Waals surface area contributed by atoms with Gasteiger partial charge in [-0.1, -0.05) is 48.5 Å². The fourth-order valence-electron chi connectivity index (χ4n) is 3.14. The molecule has 1 atom stereocenters. The molecule has 1 aliphatic rings. The van der Waals surface area contributed by atoms with Crippen LogP contribution in [0, 0.1) is 0 Å². The first kappa shape index (κ1) is 17.5. The van der Waals surface area contributed by atoms with Crippen LogP contribution in [0.15, 0.2) is 112 Å². The number of hydrogen-bond donors (Lipinski definition) is 0. The van der Waals surface area contributed by atoms with E-state index in [1.165, 1.54) is 15.5 Å². The van der Waals surface area contributed by atoms with E-state index in [0.717, 1.165) is 11.3 Å². The van der Waals surface area contributed by atoms with Gasteiger partial charge in [-0.2, -0.15) is 0 Å². The Kier molecular flexibility index (Phi) is 4.78. The van der Waals surface area contributed by atoms with E-state index in [-0.39, 0.29) is 0 Å². The summed E-state index contributed by atoms with van der Waals surface area (Å²) in [6.45, 7) is 0. The number of allylic oxidation sites excluding steroid dienone is 2. The van der Waals surface area contributed by atoms with Crippen LogP contribution in [0.3, 0.4) is 0 Å². The van der Waals surface area contributed by atoms with E-state index in [4.69, 9.17) is 4.18 Å². The average Bonchev–Trinajstić information content (AvgIpc) is 2.75. The highest BCUT2D eigenvalue weighted by Crippen LogP contribution is 2.67. The molecule has 1 aliphatic heterocycles. The second-order valence-corrected chi connectivity index (χ2v) is 9.19. The van der Waals surface area contributed by atoms with Gasteiger partial charge >= 0.3 is 0 Å². The van der Waals surface area contributed by atoms with Crippen molar-refractivity contribution in [3.63, 3.8) is 0 Å². The molecule has 136 valence electrons. The van der Waals surface area contributed by atoms with E-state index in [2.05, 4.69) is 97.2 Å². The van der Waals surface area contributed by atoms with Crippen molar-refractivity contribution in [1.82, 2.24) is 0 Å². The maximum Gasteiger partial charge on any atom is 0.143 e. The maximum atomic E-state index is 6.78. The molecule has 4 rings (SSSR count). The van der Waals surface area contributed by atoms with Crippen LogP contribution in [0.1, 0.15) is 5.56 Å². The normalized spacial score (nSPS) is 20.9. The van der Waals surface area contributed by atoms with E-state index < -0.39 is 10.3 Å². The van der Waals surface area contributed by atoms with Gasteiger partial charge in [0.05, 0.1) is 0 Å². The third kappa shape index (κ3) is 3.38. The molecule has 1 unspecified atom stereocenters. The van der Waals surface area contributed by atoms with Crippen LogP contribution in [0.4, 0.5) is 5.69 Å². The lowest BCUT2D eigenvalue weighted by Gasteiger charge is -2.40. The van der Waals surface area contributed by atoms with Crippen molar-refractivity contribution < 1.29 is 4.18 Å². The summed E-state index contributed by atoms with van der Waals surface area (Å²) in [5.74, 6) is 0.911. The third-order valence-electron chi connectivity index (χ3n) is 4.59. The summed E-state index contributed by atoms with van der Waals surface area (Å²) in [6.07, 6.45) is 4.19. The zero-order valence-electron chi connectivity index (χ0n) is 15.6. The second-order valence-electron chi connectivity index (χ2n) is 6.61. The molecule has 0 amide bonds. The van der Waals surface area contributed by atoms with Crippen molar-refractivity contribution in [3.05, 3.63) is 108 Å². The largest absolute Gasteiger partial charge is 0.436 e. The monoisotopic (exact) mass is 373 g/mol. The Morgan fingerprint density at radius 2 is 1.30 bits per heavy atom. The van der Waals surface area contributed by atoms with E-state index in [1.807, 2.05) is 24.3 Å². The number of benzene rings is 3. The molecule has 0 aromatic heterocycles. The Balaban J connectivity index is 1.81. The fourth-order valence-corrected chi connectivity index (χ4v) is 5.81. The summed E-state index contributed by atoms with van der Waals surface area (Å²) < 4.78 is 6.78. The van der Waals surface area contributed by atoms with E-state index in [9.17, 15) is 0 Å². The van der Waals surface area contributed by atoms with Gasteiger partial charge in [-0.05, 0) is 64.3 Å². The molecule has 1 heterocycles. The SMILES string of the molecule is CN(C)c1ccc(S2(c3ccccc3)C=CC=C(c3ccccc3)O2)cc1. The predicted molar refractivity (Wildman–Crippen MR) is 116 cm³/mol. The highest BCUT2D eigenvalue weighted by Gasteiger charge is 2.31. The van der Waals surface area contributed by atoms with Crippen LogP contribution in [0.25, 0.3) is 5.76 Å². The van der Waals surface area contributed by atoms with Crippen LogP contribution in [-0.2, 0) is 4.18 Å². The Hall–Kier alpha value is -2.91. The summed E-state index contributed by atoms with van der Waals surface area (Å²) in [5, 5.41) is 2.22. The minimum atomic E-state index is -1.76. The highest BCUT2D eigenvalue weighted by molar-refractivity contribution is 8.32. The van der Waals surface area contributed by atoms with Gasteiger partial charge in [-0.3, -0.25) is 0 Å². The number of rotatable bonds is 4. The molecule has 0 bridgehead atoms. The molecule has 0 N–H and O–H groups in total. The lowest BCUT2D eigenvalue weighted by Crippen LogP contribution is -2.10. The zero-order chi connectivity index (χ0) is 18.7. The molecule has 3 heteroatoms. The molecule has 0 saturated carbocycles. The molecule has 0 aliphatic carbocycles. The van der Waals surface area contributed by atoms with Crippen LogP contribution < -0.4 is 4.90 Å². The number of anilines is 1. The first-order valence-electron chi connectivity index (χ1n) is 8.98. The summed E-state index contributed by atoms with van der Waals surface area (Å²) >= 11 is 0. The van der Waals surface area contributed by atoms with Gasteiger partial charge in [0.1, 0.15) is 5.76 Å². The van der Waals surface area contributed by atoms with E-state index in [0.29, 0.717) is 0 Å².